The number of aromatic hydroxyl groups is 1. The van der Waals surface area contributed by atoms with Gasteiger partial charge in [-0.1, -0.05) is 12.8 Å². The summed E-state index contributed by atoms with van der Waals surface area (Å²) in [5.41, 5.74) is 0.799. The molecule has 0 radical (unpaired) electrons. The van der Waals surface area contributed by atoms with E-state index in [0.717, 1.165) is 0 Å². The van der Waals surface area contributed by atoms with Crippen molar-refractivity contribution in [2.75, 3.05) is 0 Å². The van der Waals surface area contributed by atoms with Crippen LogP contribution in [0, 0.1) is 23.2 Å². The van der Waals surface area contributed by atoms with E-state index in [4.69, 9.17) is 5.26 Å². The monoisotopic (exact) mass is 199 g/mol. The summed E-state index contributed by atoms with van der Waals surface area (Å²) in [6.07, 6.45) is 0.322. The Kier molecular flexibility index (Phi) is 3.49. The van der Waals surface area contributed by atoms with Gasteiger partial charge < -0.3 is 5.11 Å². The van der Waals surface area contributed by atoms with Crippen LogP contribution in [0.25, 0.3) is 0 Å². The van der Waals surface area contributed by atoms with E-state index in [1.807, 2.05) is 0 Å². The number of phenols is 1. The number of ketones is 1. The second-order valence-electron chi connectivity index (χ2n) is 2.87. The predicted octanol–water partition coefficient (Wildman–Crippen LogP) is 1.86. The van der Waals surface area contributed by atoms with E-state index < -0.39 is 0 Å². The van der Waals surface area contributed by atoms with Crippen molar-refractivity contribution in [2.45, 2.75) is 13.3 Å². The van der Waals surface area contributed by atoms with Crippen molar-refractivity contribution >= 4 is 5.78 Å². The molecule has 0 bridgehead atoms. The van der Waals surface area contributed by atoms with Gasteiger partial charge in [0.2, 0.25) is 0 Å². The zero-order valence-corrected chi connectivity index (χ0v) is 8.24. The minimum Gasteiger partial charge on any atom is -0.507 e. The van der Waals surface area contributed by atoms with Crippen molar-refractivity contribution in [3.8, 4) is 23.7 Å². The van der Waals surface area contributed by atoms with E-state index in [9.17, 15) is 9.90 Å². The molecule has 0 aliphatic heterocycles. The molecule has 0 saturated carbocycles. The quantitative estimate of drug-likeness (QED) is 0.584. The number of nitriles is 1. The van der Waals surface area contributed by atoms with Crippen molar-refractivity contribution < 1.29 is 9.90 Å². The van der Waals surface area contributed by atoms with Crippen molar-refractivity contribution in [3.05, 3.63) is 29.3 Å². The molecule has 1 N–H and O–H groups in total. The zero-order valence-electron chi connectivity index (χ0n) is 8.24. The highest BCUT2D eigenvalue weighted by Crippen LogP contribution is 2.19. The van der Waals surface area contributed by atoms with Crippen LogP contribution in [-0.4, -0.2) is 10.9 Å². The van der Waals surface area contributed by atoms with E-state index in [-0.39, 0.29) is 17.1 Å². The summed E-state index contributed by atoms with van der Waals surface area (Å²) >= 11 is 0. The molecule has 1 aromatic carbocycles. The van der Waals surface area contributed by atoms with E-state index >= 15 is 0 Å². The SMILES string of the molecule is CCC(=O)c1cc(C#CC#N)ccc1O. The Morgan fingerprint density at radius 2 is 2.27 bits per heavy atom. The lowest BCUT2D eigenvalue weighted by molar-refractivity contribution is 0.0985. The molecule has 0 fully saturated rings. The molecule has 74 valence electrons. The molecule has 15 heavy (non-hydrogen) atoms. The maximum absolute atomic E-state index is 11.4. The van der Waals surface area contributed by atoms with Gasteiger partial charge in [-0.3, -0.25) is 4.79 Å². The number of hydrogen-bond acceptors (Lipinski definition) is 3. The molecule has 0 saturated heterocycles. The first kappa shape index (κ1) is 10.8. The Morgan fingerprint density at radius 3 is 2.87 bits per heavy atom. The van der Waals surface area contributed by atoms with Crippen molar-refractivity contribution in [3.63, 3.8) is 0 Å². The Bertz CT molecular complexity index is 487. The first-order chi connectivity index (χ1) is 7.19. The summed E-state index contributed by atoms with van der Waals surface area (Å²) < 4.78 is 0. The molecule has 0 unspecified atom stereocenters. The third-order valence-electron chi connectivity index (χ3n) is 1.88. The van der Waals surface area contributed by atoms with Gasteiger partial charge in [-0.2, -0.15) is 5.26 Å². The van der Waals surface area contributed by atoms with Gasteiger partial charge >= 0.3 is 0 Å². The van der Waals surface area contributed by atoms with Gasteiger partial charge in [-0.25, -0.2) is 0 Å². The number of nitrogens with zero attached hydrogens (tertiary/aromatic N) is 1. The van der Waals surface area contributed by atoms with Crippen LogP contribution >= 0.6 is 0 Å². The second kappa shape index (κ2) is 4.83. The average Bonchev–Trinajstić information content (AvgIpc) is 2.27. The molecule has 3 heteroatoms. The number of Topliss-reactive ketones (excluding diaryl/α,β-unsaturated/α-hetero) is 1. The third kappa shape index (κ3) is 2.59. The molecule has 0 aliphatic rings. The second-order valence-corrected chi connectivity index (χ2v) is 2.87. The van der Waals surface area contributed by atoms with Crippen LogP contribution in [0.1, 0.15) is 29.3 Å². The molecule has 0 heterocycles. The van der Waals surface area contributed by atoms with Crippen LogP contribution in [-0.2, 0) is 0 Å². The number of phenolic OH excluding ortho intramolecular Hbond substituents is 1. The summed E-state index contributed by atoms with van der Waals surface area (Å²) in [5.74, 6) is 4.60. The van der Waals surface area contributed by atoms with Crippen LogP contribution in [0.15, 0.2) is 18.2 Å². The first-order valence-corrected chi connectivity index (χ1v) is 4.45. The van der Waals surface area contributed by atoms with Gasteiger partial charge in [0.15, 0.2) is 11.9 Å². The number of carbonyl (C=O) groups is 1. The largest absolute Gasteiger partial charge is 0.507 e. The van der Waals surface area contributed by atoms with Crippen molar-refractivity contribution in [1.29, 1.82) is 5.26 Å². The molecule has 1 aromatic rings. The maximum atomic E-state index is 11.4. The molecule has 0 amide bonds. The minimum atomic E-state index is -0.145. The lowest BCUT2D eigenvalue weighted by Crippen LogP contribution is -1.97. The van der Waals surface area contributed by atoms with Gasteiger partial charge in [-0.15, -0.1) is 0 Å². The van der Waals surface area contributed by atoms with E-state index in [0.29, 0.717) is 12.0 Å². The minimum absolute atomic E-state index is 0.0515. The first-order valence-electron chi connectivity index (χ1n) is 4.45. The average molecular weight is 199 g/mol. The molecule has 1 rings (SSSR count). The molecule has 0 aromatic heterocycles. The zero-order chi connectivity index (χ0) is 11.3. The lowest BCUT2D eigenvalue weighted by atomic mass is 10.0. The number of hydrogen-bond donors (Lipinski definition) is 1. The van der Waals surface area contributed by atoms with Gasteiger partial charge in [0.1, 0.15) is 5.75 Å². The summed E-state index contributed by atoms with van der Waals surface area (Å²) in [6.45, 7) is 1.72. The lowest BCUT2D eigenvalue weighted by Gasteiger charge is -2.01. The Labute approximate surface area is 88.0 Å². The number of carbonyl (C=O) groups excluding carboxylic acids is 1. The van der Waals surface area contributed by atoms with Crippen LogP contribution < -0.4 is 0 Å². The fourth-order valence-corrected chi connectivity index (χ4v) is 1.13. The Hall–Kier alpha value is -2.26. The predicted molar refractivity (Wildman–Crippen MR) is 55.2 cm³/mol. The molecule has 3 nitrogen and oxygen atoms in total. The highest BCUT2D eigenvalue weighted by Gasteiger charge is 2.08. The molecule has 0 spiro atoms. The molecule has 0 aliphatic carbocycles. The van der Waals surface area contributed by atoms with Crippen LogP contribution in [0.2, 0.25) is 0 Å². The van der Waals surface area contributed by atoms with Crippen LogP contribution in [0.4, 0.5) is 0 Å². The van der Waals surface area contributed by atoms with Gasteiger partial charge in [0, 0.05) is 17.9 Å². The van der Waals surface area contributed by atoms with Crippen molar-refractivity contribution in [2.24, 2.45) is 0 Å². The van der Waals surface area contributed by atoms with Gasteiger partial charge in [0.25, 0.3) is 0 Å². The Balaban J connectivity index is 3.18. The van der Waals surface area contributed by atoms with E-state index in [1.165, 1.54) is 12.1 Å². The Morgan fingerprint density at radius 1 is 1.53 bits per heavy atom. The summed E-state index contributed by atoms with van der Waals surface area (Å²) in [7, 11) is 0. The van der Waals surface area contributed by atoms with Crippen molar-refractivity contribution in [1.82, 2.24) is 0 Å². The maximum Gasteiger partial charge on any atom is 0.166 e. The van der Waals surface area contributed by atoms with E-state index in [1.54, 1.807) is 19.1 Å². The number of benzene rings is 1. The van der Waals surface area contributed by atoms with Gasteiger partial charge in [0.05, 0.1) is 5.56 Å². The molecular formula is C12H9NO2. The van der Waals surface area contributed by atoms with Crippen LogP contribution in [0.5, 0.6) is 5.75 Å². The summed E-state index contributed by atoms with van der Waals surface area (Å²) in [6, 6.07) is 6.15. The highest BCUT2D eigenvalue weighted by molar-refractivity contribution is 5.98. The standard InChI is InChI=1S/C12H9NO2/c1-2-11(14)10-8-9(4-3-7-13)5-6-12(10)15/h5-6,8,15H,2H2,1H3. The normalized spacial score (nSPS) is 8.53. The van der Waals surface area contributed by atoms with Gasteiger partial charge in [-0.05, 0) is 18.2 Å². The van der Waals surface area contributed by atoms with Crippen LogP contribution in [0.3, 0.4) is 0 Å². The van der Waals surface area contributed by atoms with E-state index in [2.05, 4.69) is 11.8 Å². The summed E-state index contributed by atoms with van der Waals surface area (Å²) in [5, 5.41) is 17.7. The molecule has 0 atom stereocenters. The third-order valence-corrected chi connectivity index (χ3v) is 1.88. The fourth-order valence-electron chi connectivity index (χ4n) is 1.13. The topological polar surface area (TPSA) is 61.1 Å². The number of rotatable bonds is 2. The molecular weight excluding hydrogens is 190 g/mol. The smallest absolute Gasteiger partial charge is 0.166 e. The fraction of sp³-hybridized carbons (Fsp3) is 0.167. The summed E-state index contributed by atoms with van der Waals surface area (Å²) in [4.78, 5) is 11.4. The highest BCUT2D eigenvalue weighted by atomic mass is 16.3.